The lowest BCUT2D eigenvalue weighted by molar-refractivity contribution is -0.139. The standard InChI is InChI=1S/C41H54N6O11S2/c1-8-26-21(2)29-20-34-37(25(6)48)23(4)31(45-34)18-30-22(3)27(11-12-35(49)42-13-9-15-59(52,53)54)39(46-30)28(17-36(50)58-7)40-38(24(5)32(47-40)19-33(26)44-29)41(51)43-14-10-16-60(55,56)57/h18-22,26-27,45,47H,8-17H2,1-7H3,(H,42,49)(H,43,51)(H,52,53,54)(H,55,56,57)/t21-,22+,26-,27+/m1/s1. The maximum absolute atomic E-state index is 14.2. The van der Waals surface area contributed by atoms with E-state index in [0.29, 0.717) is 50.2 Å². The zero-order valence-electron chi connectivity index (χ0n) is 34.9. The molecule has 0 fully saturated rings. The fraction of sp³-hybridized carbons (Fsp3) is 0.512. The second-order valence-electron chi connectivity index (χ2n) is 15.6. The van der Waals surface area contributed by atoms with E-state index in [4.69, 9.17) is 19.3 Å². The summed E-state index contributed by atoms with van der Waals surface area (Å²) < 4.78 is 68.7. The Labute approximate surface area is 349 Å². The van der Waals surface area contributed by atoms with Gasteiger partial charge < -0.3 is 25.3 Å². The number of H-pyrrole nitrogens is 2. The highest BCUT2D eigenvalue weighted by Gasteiger charge is 2.34. The van der Waals surface area contributed by atoms with Gasteiger partial charge in [-0.15, -0.1) is 0 Å². The predicted molar refractivity (Wildman–Crippen MR) is 225 cm³/mol. The number of nitrogens with one attached hydrogen (secondary N) is 4. The Hall–Kier alpha value is -4.98. The Morgan fingerprint density at radius 1 is 0.783 bits per heavy atom. The molecule has 2 amide bonds. The van der Waals surface area contributed by atoms with Gasteiger partial charge in [0.15, 0.2) is 5.78 Å². The lowest BCUT2D eigenvalue weighted by atomic mass is 9.85. The number of carbonyl (C=O) groups is 4. The van der Waals surface area contributed by atoms with Crippen LogP contribution in [0.2, 0.25) is 0 Å². The van der Waals surface area contributed by atoms with Crippen LogP contribution in [0.1, 0.15) is 144 Å². The van der Waals surface area contributed by atoms with Crippen LogP contribution in [-0.2, 0) is 41.0 Å². The largest absolute Gasteiger partial charge is 0.469 e. The molecule has 5 rings (SSSR count). The zero-order valence-corrected chi connectivity index (χ0v) is 36.5. The minimum absolute atomic E-state index is 0.00793. The van der Waals surface area contributed by atoms with E-state index in [-0.39, 0.29) is 85.7 Å². The topological polar surface area (TPSA) is 268 Å². The number of aromatic amines is 2. The number of methoxy groups -OCH3 is 1. The maximum atomic E-state index is 14.2. The van der Waals surface area contributed by atoms with E-state index in [1.54, 1.807) is 6.92 Å². The second kappa shape index (κ2) is 18.7. The van der Waals surface area contributed by atoms with Crippen molar-refractivity contribution in [2.75, 3.05) is 31.7 Å². The molecule has 0 saturated carbocycles. The molecular weight excluding hydrogens is 817 g/mol. The minimum Gasteiger partial charge on any atom is -0.469 e. The number of ketones is 1. The molecule has 326 valence electrons. The van der Waals surface area contributed by atoms with Crippen molar-refractivity contribution in [3.8, 4) is 0 Å². The van der Waals surface area contributed by atoms with Gasteiger partial charge >= 0.3 is 5.97 Å². The number of Topliss-reactive ketones (excluding diaryl/α,β-unsaturated/α-hetero) is 1. The van der Waals surface area contributed by atoms with Crippen molar-refractivity contribution >= 4 is 65.9 Å². The SMILES string of the molecule is CC[C@H]1c2cc3[nH]c(c(CC(=O)OC)c4nc(cc5[nH]c(cc(n2)[C@@H]1C)c(C(C)=O)c5C)[C@@H](C)[C@@H]4CCC(=O)NCCCS(=O)(=O)O)c(C(=O)NCCCS(=O)(=O)O)c3C. The molecule has 4 atom stereocenters. The average Bonchev–Trinajstić information content (AvgIpc) is 3.85. The monoisotopic (exact) mass is 870 g/mol. The smallest absolute Gasteiger partial charge is 0.310 e. The van der Waals surface area contributed by atoms with E-state index in [1.807, 2.05) is 32.0 Å². The van der Waals surface area contributed by atoms with Crippen LogP contribution in [0.25, 0.3) is 22.1 Å². The summed E-state index contributed by atoms with van der Waals surface area (Å²) in [7, 11) is -7.24. The number of amides is 2. The molecule has 2 aliphatic rings. The van der Waals surface area contributed by atoms with E-state index in [2.05, 4.69) is 34.4 Å². The summed E-state index contributed by atoms with van der Waals surface area (Å²) in [6, 6.07) is 5.61. The van der Waals surface area contributed by atoms with Gasteiger partial charge in [-0.2, -0.15) is 16.8 Å². The van der Waals surface area contributed by atoms with Gasteiger partial charge in [0, 0.05) is 82.4 Å². The van der Waals surface area contributed by atoms with Gasteiger partial charge in [-0.3, -0.25) is 38.3 Å². The molecule has 17 nitrogen and oxygen atoms in total. The maximum Gasteiger partial charge on any atom is 0.310 e. The van der Waals surface area contributed by atoms with E-state index >= 15 is 0 Å². The first-order valence-electron chi connectivity index (χ1n) is 19.9. The third kappa shape index (κ3) is 10.7. The lowest BCUT2D eigenvalue weighted by Crippen LogP contribution is -2.27. The Bertz CT molecular complexity index is 2580. The number of nitrogens with zero attached hydrogens (tertiary/aromatic N) is 2. The van der Waals surface area contributed by atoms with Crippen LogP contribution >= 0.6 is 0 Å². The third-order valence-electron chi connectivity index (χ3n) is 11.5. The van der Waals surface area contributed by atoms with Crippen LogP contribution in [0.5, 0.6) is 0 Å². The normalized spacial score (nSPS) is 17.9. The summed E-state index contributed by atoms with van der Waals surface area (Å²) >= 11 is 0. The number of aryl methyl sites for hydroxylation is 2. The molecule has 0 unspecified atom stereocenters. The van der Waals surface area contributed by atoms with Crippen molar-refractivity contribution < 1.29 is 49.9 Å². The fourth-order valence-electron chi connectivity index (χ4n) is 8.25. The number of ether oxygens (including phenoxy) is 1. The highest BCUT2D eigenvalue weighted by atomic mass is 32.2. The lowest BCUT2D eigenvalue weighted by Gasteiger charge is -2.18. The van der Waals surface area contributed by atoms with E-state index < -0.39 is 49.5 Å². The molecule has 6 N–H and O–H groups in total. The molecule has 5 heterocycles. The molecular formula is C41H54N6O11S2. The Morgan fingerprint density at radius 2 is 1.33 bits per heavy atom. The van der Waals surface area contributed by atoms with Crippen LogP contribution in [0.15, 0.2) is 18.2 Å². The summed E-state index contributed by atoms with van der Waals surface area (Å²) in [5.41, 5.74) is 6.73. The van der Waals surface area contributed by atoms with Gasteiger partial charge in [-0.05, 0) is 75.8 Å². The summed E-state index contributed by atoms with van der Waals surface area (Å²) in [6.07, 6.45) is 0.535. The Balaban J connectivity index is 1.83. The summed E-state index contributed by atoms with van der Waals surface area (Å²) in [4.78, 5) is 70.8. The zero-order chi connectivity index (χ0) is 44.3. The van der Waals surface area contributed by atoms with Gasteiger partial charge in [0.1, 0.15) is 0 Å². The summed E-state index contributed by atoms with van der Waals surface area (Å²) in [5, 5.41) is 5.45. The number of carbonyl (C=O) groups excluding carboxylic acids is 4. The molecule has 0 aliphatic carbocycles. The van der Waals surface area contributed by atoms with E-state index in [1.165, 1.54) is 14.0 Å². The van der Waals surface area contributed by atoms with E-state index in [0.717, 1.165) is 17.8 Å². The number of aromatic nitrogens is 4. The predicted octanol–water partition coefficient (Wildman–Crippen LogP) is 5.22. The average molecular weight is 871 g/mol. The van der Waals surface area contributed by atoms with Crippen molar-refractivity contribution in [1.29, 1.82) is 0 Å². The molecule has 0 aromatic carbocycles. The van der Waals surface area contributed by atoms with Gasteiger partial charge in [0.2, 0.25) is 5.91 Å². The first-order chi connectivity index (χ1) is 28.1. The molecule has 3 aromatic heterocycles. The molecule has 0 saturated heterocycles. The summed E-state index contributed by atoms with van der Waals surface area (Å²) in [5.74, 6) is -3.73. The minimum atomic E-state index is -4.27. The third-order valence-corrected chi connectivity index (χ3v) is 13.1. The second-order valence-corrected chi connectivity index (χ2v) is 18.7. The summed E-state index contributed by atoms with van der Waals surface area (Å²) in [6.45, 7) is 11.1. The molecule has 3 aromatic rings. The molecule has 2 aliphatic heterocycles. The van der Waals surface area contributed by atoms with Gasteiger partial charge in [-0.1, -0.05) is 20.8 Å². The number of hydrogen-bond acceptors (Lipinski definition) is 11. The highest BCUT2D eigenvalue weighted by Crippen LogP contribution is 2.43. The van der Waals surface area contributed by atoms with Gasteiger partial charge in [-0.25, -0.2) is 0 Å². The van der Waals surface area contributed by atoms with Gasteiger partial charge in [0.25, 0.3) is 26.1 Å². The Kier molecular flexibility index (Phi) is 14.4. The quantitative estimate of drug-likeness (QED) is 0.0467. The molecule has 8 bridgehead atoms. The first-order valence-corrected chi connectivity index (χ1v) is 23.2. The number of esters is 1. The number of rotatable bonds is 16. The molecule has 60 heavy (non-hydrogen) atoms. The van der Waals surface area contributed by atoms with Crippen LogP contribution in [-0.4, -0.2) is 101 Å². The van der Waals surface area contributed by atoms with Crippen LogP contribution in [0.4, 0.5) is 0 Å². The van der Waals surface area contributed by atoms with Gasteiger partial charge in [0.05, 0.1) is 47.3 Å². The molecule has 0 radical (unpaired) electrons. The van der Waals surface area contributed by atoms with Crippen LogP contribution in [0, 0.1) is 13.8 Å². The van der Waals surface area contributed by atoms with E-state index in [9.17, 15) is 40.6 Å². The number of hydrogen-bond donors (Lipinski definition) is 6. The van der Waals surface area contributed by atoms with Crippen LogP contribution < -0.4 is 10.6 Å². The van der Waals surface area contributed by atoms with Crippen LogP contribution in [0.3, 0.4) is 0 Å². The number of fused-ring (bicyclic) bond motifs is 8. The van der Waals surface area contributed by atoms with Crippen molar-refractivity contribution in [3.63, 3.8) is 0 Å². The van der Waals surface area contributed by atoms with Crippen molar-refractivity contribution in [3.05, 3.63) is 68.8 Å². The highest BCUT2D eigenvalue weighted by molar-refractivity contribution is 7.86. The van der Waals surface area contributed by atoms with Crippen molar-refractivity contribution in [1.82, 2.24) is 30.6 Å². The fourth-order valence-corrected chi connectivity index (χ4v) is 9.27. The van der Waals surface area contributed by atoms with Crippen molar-refractivity contribution in [2.24, 2.45) is 0 Å². The molecule has 0 spiro atoms. The first kappa shape index (κ1) is 46.1. The van der Waals surface area contributed by atoms with Crippen molar-refractivity contribution in [2.45, 2.75) is 104 Å². The Morgan fingerprint density at radius 3 is 1.93 bits per heavy atom. The molecule has 19 heteroatoms.